The highest BCUT2D eigenvalue weighted by molar-refractivity contribution is 5.91. The summed E-state index contributed by atoms with van der Waals surface area (Å²) < 4.78 is 4.80. The van der Waals surface area contributed by atoms with Crippen molar-refractivity contribution in [3.05, 3.63) is 36.2 Å². The smallest absolute Gasteiger partial charge is 0.307 e. The van der Waals surface area contributed by atoms with Gasteiger partial charge in [-0.15, -0.1) is 0 Å². The summed E-state index contributed by atoms with van der Waals surface area (Å²) in [6.45, 7) is 2.45. The fourth-order valence-corrected chi connectivity index (χ4v) is 1.37. The van der Waals surface area contributed by atoms with Crippen LogP contribution in [0.4, 0.5) is 0 Å². The van der Waals surface area contributed by atoms with Gasteiger partial charge in [-0.1, -0.05) is 6.07 Å². The Morgan fingerprint density at radius 3 is 2.89 bits per heavy atom. The second kappa shape index (κ2) is 8.02. The maximum absolute atomic E-state index is 11.8. The van der Waals surface area contributed by atoms with E-state index in [1.165, 1.54) is 11.0 Å². The first-order valence-corrected chi connectivity index (χ1v) is 6.12. The van der Waals surface area contributed by atoms with Crippen LogP contribution >= 0.6 is 0 Å². The number of amides is 1. The molecule has 0 N–H and O–H groups in total. The normalized spacial score (nSPS) is 10.4. The number of hydrogen-bond donors (Lipinski definition) is 0. The van der Waals surface area contributed by atoms with Crippen LogP contribution in [0.5, 0.6) is 0 Å². The van der Waals surface area contributed by atoms with Crippen LogP contribution in [0.1, 0.15) is 18.9 Å². The van der Waals surface area contributed by atoms with Crippen LogP contribution in [0.2, 0.25) is 0 Å². The maximum atomic E-state index is 11.8. The maximum Gasteiger partial charge on any atom is 0.307 e. The van der Waals surface area contributed by atoms with Gasteiger partial charge in [0.05, 0.1) is 13.0 Å². The van der Waals surface area contributed by atoms with Gasteiger partial charge in [-0.3, -0.25) is 14.6 Å². The Kier molecular flexibility index (Phi) is 6.29. The van der Waals surface area contributed by atoms with Gasteiger partial charge in [-0.2, -0.15) is 0 Å². The molecule has 0 aliphatic rings. The van der Waals surface area contributed by atoms with Gasteiger partial charge in [-0.05, 0) is 24.6 Å². The molecule has 1 heterocycles. The van der Waals surface area contributed by atoms with Gasteiger partial charge in [0, 0.05) is 32.1 Å². The van der Waals surface area contributed by atoms with E-state index < -0.39 is 0 Å². The molecule has 0 atom stereocenters. The Morgan fingerprint density at radius 1 is 1.47 bits per heavy atom. The Bertz CT molecular complexity index is 443. The molecule has 0 bridgehead atoms. The van der Waals surface area contributed by atoms with E-state index in [1.807, 2.05) is 6.07 Å². The van der Waals surface area contributed by atoms with E-state index in [0.717, 1.165) is 5.56 Å². The second-order valence-electron chi connectivity index (χ2n) is 3.93. The predicted octanol–water partition coefficient (Wildman–Crippen LogP) is 1.51. The average Bonchev–Trinajstić information content (AvgIpc) is 2.43. The highest BCUT2D eigenvalue weighted by Gasteiger charge is 2.08. The summed E-state index contributed by atoms with van der Waals surface area (Å²) in [4.78, 5) is 28.3. The molecule has 1 amide bonds. The van der Waals surface area contributed by atoms with Gasteiger partial charge in [0.1, 0.15) is 0 Å². The molecule has 0 saturated heterocycles. The number of carbonyl (C=O) groups excluding carboxylic acids is 2. The van der Waals surface area contributed by atoms with E-state index >= 15 is 0 Å². The standard InChI is InChI=1S/C14H18N2O3/c1-3-19-14(18)8-10-16(2)13(17)7-6-12-5-4-9-15-11-12/h4-7,9,11H,3,8,10H2,1-2H3. The first-order chi connectivity index (χ1) is 9.13. The van der Waals surface area contributed by atoms with Crippen LogP contribution in [0.25, 0.3) is 6.08 Å². The van der Waals surface area contributed by atoms with Crippen LogP contribution in [0.3, 0.4) is 0 Å². The zero-order valence-corrected chi connectivity index (χ0v) is 11.2. The number of pyridine rings is 1. The van der Waals surface area contributed by atoms with E-state index in [0.29, 0.717) is 13.2 Å². The lowest BCUT2D eigenvalue weighted by Gasteiger charge is -2.14. The molecule has 102 valence electrons. The lowest BCUT2D eigenvalue weighted by Crippen LogP contribution is -2.27. The summed E-state index contributed by atoms with van der Waals surface area (Å²) in [5.41, 5.74) is 0.856. The molecule has 0 fully saturated rings. The second-order valence-corrected chi connectivity index (χ2v) is 3.93. The Morgan fingerprint density at radius 2 is 2.26 bits per heavy atom. The SMILES string of the molecule is CCOC(=O)CCN(C)C(=O)C=Cc1cccnc1. The minimum atomic E-state index is -0.293. The third kappa shape index (κ3) is 5.81. The molecule has 0 saturated carbocycles. The van der Waals surface area contributed by atoms with Crippen LogP contribution in [-0.2, 0) is 14.3 Å². The van der Waals surface area contributed by atoms with E-state index in [2.05, 4.69) is 4.98 Å². The Balaban J connectivity index is 2.40. The molecule has 0 radical (unpaired) electrons. The number of esters is 1. The quantitative estimate of drug-likeness (QED) is 0.576. The average molecular weight is 262 g/mol. The highest BCUT2D eigenvalue weighted by Crippen LogP contribution is 2.00. The summed E-state index contributed by atoms with van der Waals surface area (Å²) in [5.74, 6) is -0.452. The highest BCUT2D eigenvalue weighted by atomic mass is 16.5. The van der Waals surface area contributed by atoms with Crippen molar-refractivity contribution in [2.24, 2.45) is 0 Å². The largest absolute Gasteiger partial charge is 0.466 e. The molecular formula is C14H18N2O3. The molecule has 0 spiro atoms. The first-order valence-electron chi connectivity index (χ1n) is 6.12. The summed E-state index contributed by atoms with van der Waals surface area (Å²) >= 11 is 0. The van der Waals surface area contributed by atoms with E-state index in [9.17, 15) is 9.59 Å². The molecule has 1 rings (SSSR count). The van der Waals surface area contributed by atoms with Crippen LogP contribution in [0.15, 0.2) is 30.6 Å². The number of hydrogen-bond acceptors (Lipinski definition) is 4. The van der Waals surface area contributed by atoms with Crippen molar-refractivity contribution in [3.63, 3.8) is 0 Å². The summed E-state index contributed by atoms with van der Waals surface area (Å²) in [6, 6.07) is 3.66. The van der Waals surface area contributed by atoms with Gasteiger partial charge in [-0.25, -0.2) is 0 Å². The minimum Gasteiger partial charge on any atom is -0.466 e. The number of ether oxygens (including phenoxy) is 1. The van der Waals surface area contributed by atoms with Crippen molar-refractivity contribution in [3.8, 4) is 0 Å². The lowest BCUT2D eigenvalue weighted by molar-refractivity contribution is -0.143. The van der Waals surface area contributed by atoms with Crippen LogP contribution in [-0.4, -0.2) is 42.0 Å². The molecule has 1 aromatic rings. The third-order valence-electron chi connectivity index (χ3n) is 2.44. The monoisotopic (exact) mass is 262 g/mol. The fraction of sp³-hybridized carbons (Fsp3) is 0.357. The zero-order valence-electron chi connectivity index (χ0n) is 11.2. The van der Waals surface area contributed by atoms with Crippen molar-refractivity contribution in [2.45, 2.75) is 13.3 Å². The Hall–Kier alpha value is -2.17. The number of nitrogens with zero attached hydrogens (tertiary/aromatic N) is 2. The number of aromatic nitrogens is 1. The number of carbonyl (C=O) groups is 2. The Labute approximate surface area is 112 Å². The molecule has 5 nitrogen and oxygen atoms in total. The molecule has 0 aliphatic carbocycles. The molecule has 0 aliphatic heterocycles. The molecule has 5 heteroatoms. The molecule has 0 unspecified atom stereocenters. The minimum absolute atomic E-state index is 0.159. The summed E-state index contributed by atoms with van der Waals surface area (Å²) in [6.07, 6.45) is 6.70. The van der Waals surface area contributed by atoms with Crippen molar-refractivity contribution < 1.29 is 14.3 Å². The number of likely N-dealkylation sites (N-methyl/N-ethyl adjacent to an activating group) is 1. The summed E-state index contributed by atoms with van der Waals surface area (Å²) in [5, 5.41) is 0. The number of rotatable bonds is 6. The van der Waals surface area contributed by atoms with Crippen LogP contribution in [0, 0.1) is 0 Å². The lowest BCUT2D eigenvalue weighted by atomic mass is 10.2. The van der Waals surface area contributed by atoms with Gasteiger partial charge < -0.3 is 9.64 Å². The van der Waals surface area contributed by atoms with Gasteiger partial charge in [0.15, 0.2) is 0 Å². The van der Waals surface area contributed by atoms with E-state index in [4.69, 9.17) is 4.74 Å². The van der Waals surface area contributed by atoms with E-state index in [-0.39, 0.29) is 18.3 Å². The van der Waals surface area contributed by atoms with E-state index in [1.54, 1.807) is 38.5 Å². The van der Waals surface area contributed by atoms with Crippen molar-refractivity contribution in [1.82, 2.24) is 9.88 Å². The molecule has 19 heavy (non-hydrogen) atoms. The molecular weight excluding hydrogens is 244 g/mol. The van der Waals surface area contributed by atoms with Gasteiger partial charge in [0.2, 0.25) is 5.91 Å². The molecule has 1 aromatic heterocycles. The van der Waals surface area contributed by atoms with Crippen molar-refractivity contribution in [2.75, 3.05) is 20.2 Å². The van der Waals surface area contributed by atoms with Crippen molar-refractivity contribution in [1.29, 1.82) is 0 Å². The predicted molar refractivity (Wildman–Crippen MR) is 72.2 cm³/mol. The topological polar surface area (TPSA) is 59.5 Å². The zero-order chi connectivity index (χ0) is 14.1. The van der Waals surface area contributed by atoms with Gasteiger partial charge in [0.25, 0.3) is 0 Å². The summed E-state index contributed by atoms with van der Waals surface area (Å²) in [7, 11) is 1.65. The molecule has 0 aromatic carbocycles. The first kappa shape index (κ1) is 14.9. The van der Waals surface area contributed by atoms with Gasteiger partial charge >= 0.3 is 5.97 Å². The van der Waals surface area contributed by atoms with Crippen molar-refractivity contribution >= 4 is 18.0 Å². The van der Waals surface area contributed by atoms with Crippen LogP contribution < -0.4 is 0 Å². The third-order valence-corrected chi connectivity index (χ3v) is 2.44. The fourth-order valence-electron chi connectivity index (χ4n) is 1.37.